The molecule has 0 heterocycles. The number of carboxylic acid groups (broad SMARTS) is 1. The lowest BCUT2D eigenvalue weighted by Crippen LogP contribution is -2.42. The van der Waals surface area contributed by atoms with Crippen LogP contribution in [0.1, 0.15) is 0 Å². The SMILES string of the molecule is COCCNC(=O)NC[C@H](O)C(=O)O. The van der Waals surface area contributed by atoms with Gasteiger partial charge in [0.1, 0.15) is 0 Å². The van der Waals surface area contributed by atoms with Gasteiger partial charge in [-0.05, 0) is 0 Å². The molecule has 0 aliphatic rings. The van der Waals surface area contributed by atoms with E-state index < -0.39 is 18.1 Å². The zero-order valence-electron chi connectivity index (χ0n) is 7.82. The molecule has 0 saturated heterocycles. The molecule has 0 unspecified atom stereocenters. The number of carbonyl (C=O) groups is 2. The van der Waals surface area contributed by atoms with Gasteiger partial charge in [-0.3, -0.25) is 0 Å². The smallest absolute Gasteiger partial charge is 0.334 e. The Morgan fingerprint density at radius 1 is 1.43 bits per heavy atom. The van der Waals surface area contributed by atoms with E-state index in [0.29, 0.717) is 13.2 Å². The zero-order chi connectivity index (χ0) is 11.0. The van der Waals surface area contributed by atoms with Gasteiger partial charge in [-0.15, -0.1) is 0 Å². The van der Waals surface area contributed by atoms with Gasteiger partial charge in [0.2, 0.25) is 0 Å². The van der Waals surface area contributed by atoms with Crippen molar-refractivity contribution in [2.45, 2.75) is 6.10 Å². The first-order valence-corrected chi connectivity index (χ1v) is 3.99. The van der Waals surface area contributed by atoms with Crippen molar-refractivity contribution in [1.82, 2.24) is 10.6 Å². The van der Waals surface area contributed by atoms with Gasteiger partial charge >= 0.3 is 12.0 Å². The van der Waals surface area contributed by atoms with E-state index in [9.17, 15) is 9.59 Å². The van der Waals surface area contributed by atoms with Crippen LogP contribution in [0, 0.1) is 0 Å². The summed E-state index contributed by atoms with van der Waals surface area (Å²) < 4.78 is 4.67. The number of ether oxygens (including phenoxy) is 1. The minimum Gasteiger partial charge on any atom is -0.479 e. The molecule has 2 amide bonds. The minimum atomic E-state index is -1.58. The van der Waals surface area contributed by atoms with Crippen LogP contribution in [0.25, 0.3) is 0 Å². The molecule has 82 valence electrons. The number of hydrogen-bond donors (Lipinski definition) is 4. The lowest BCUT2D eigenvalue weighted by atomic mass is 10.4. The average molecular weight is 206 g/mol. The van der Waals surface area contributed by atoms with Crippen molar-refractivity contribution in [2.75, 3.05) is 26.8 Å². The molecule has 0 aromatic rings. The third kappa shape index (κ3) is 6.21. The number of aliphatic carboxylic acids is 1. The fourth-order valence-corrected chi connectivity index (χ4v) is 0.606. The minimum absolute atomic E-state index is 0.325. The van der Waals surface area contributed by atoms with E-state index >= 15 is 0 Å². The summed E-state index contributed by atoms with van der Waals surface area (Å²) in [4.78, 5) is 21.0. The van der Waals surface area contributed by atoms with Gasteiger partial charge in [-0.25, -0.2) is 9.59 Å². The van der Waals surface area contributed by atoms with Crippen LogP contribution in [0.5, 0.6) is 0 Å². The Balaban J connectivity index is 3.48. The predicted molar refractivity (Wildman–Crippen MR) is 46.9 cm³/mol. The van der Waals surface area contributed by atoms with Crippen molar-refractivity contribution >= 4 is 12.0 Å². The first-order valence-electron chi connectivity index (χ1n) is 3.99. The third-order valence-corrected chi connectivity index (χ3v) is 1.33. The molecule has 14 heavy (non-hydrogen) atoms. The van der Waals surface area contributed by atoms with E-state index in [1.807, 2.05) is 0 Å². The number of aliphatic hydroxyl groups is 1. The topological polar surface area (TPSA) is 108 Å². The van der Waals surface area contributed by atoms with Crippen molar-refractivity contribution in [3.8, 4) is 0 Å². The second-order valence-electron chi connectivity index (χ2n) is 2.48. The predicted octanol–water partition coefficient (Wildman–Crippen LogP) is -1.62. The Morgan fingerprint density at radius 2 is 2.07 bits per heavy atom. The third-order valence-electron chi connectivity index (χ3n) is 1.33. The number of carboxylic acids is 1. The Morgan fingerprint density at radius 3 is 2.57 bits per heavy atom. The standard InChI is InChI=1S/C7H14N2O5/c1-14-3-2-8-7(13)9-4-5(10)6(11)12/h5,10H,2-4H2,1H3,(H,11,12)(H2,8,9,13)/t5-/m0/s1. The van der Waals surface area contributed by atoms with Gasteiger partial charge in [-0.1, -0.05) is 0 Å². The van der Waals surface area contributed by atoms with Gasteiger partial charge in [0.15, 0.2) is 6.10 Å². The molecule has 0 aromatic heterocycles. The molecule has 7 heteroatoms. The second kappa shape index (κ2) is 7.10. The number of methoxy groups -OCH3 is 1. The summed E-state index contributed by atoms with van der Waals surface area (Å²) in [6.45, 7) is 0.370. The summed E-state index contributed by atoms with van der Waals surface area (Å²) in [6.07, 6.45) is -1.58. The van der Waals surface area contributed by atoms with Gasteiger partial charge in [-0.2, -0.15) is 0 Å². The maximum absolute atomic E-state index is 10.9. The number of urea groups is 1. The Labute approximate surface area is 81.1 Å². The number of rotatable bonds is 6. The summed E-state index contributed by atoms with van der Waals surface area (Å²) in [5.74, 6) is -1.37. The highest BCUT2D eigenvalue weighted by atomic mass is 16.5. The maximum Gasteiger partial charge on any atom is 0.334 e. The molecular formula is C7H14N2O5. The molecule has 0 spiro atoms. The van der Waals surface area contributed by atoms with Crippen LogP contribution in [0.3, 0.4) is 0 Å². The number of carbonyl (C=O) groups excluding carboxylic acids is 1. The molecule has 0 rings (SSSR count). The van der Waals surface area contributed by atoms with Crippen LogP contribution < -0.4 is 10.6 Å². The molecule has 4 N–H and O–H groups in total. The highest BCUT2D eigenvalue weighted by Gasteiger charge is 2.13. The Hall–Kier alpha value is -1.34. The van der Waals surface area contributed by atoms with Crippen molar-refractivity contribution in [1.29, 1.82) is 0 Å². The number of aliphatic hydroxyl groups excluding tert-OH is 1. The normalized spacial score (nSPS) is 11.9. The van der Waals surface area contributed by atoms with E-state index in [1.165, 1.54) is 7.11 Å². The monoisotopic (exact) mass is 206 g/mol. The molecule has 0 bridgehead atoms. The van der Waals surface area contributed by atoms with Crippen LogP contribution in [0.15, 0.2) is 0 Å². The fraction of sp³-hybridized carbons (Fsp3) is 0.714. The van der Waals surface area contributed by atoms with Crippen molar-refractivity contribution in [2.24, 2.45) is 0 Å². The van der Waals surface area contributed by atoms with Crippen molar-refractivity contribution in [3.63, 3.8) is 0 Å². The molecule has 7 nitrogen and oxygen atoms in total. The van der Waals surface area contributed by atoms with Crippen molar-refractivity contribution in [3.05, 3.63) is 0 Å². The number of amides is 2. The summed E-state index contributed by atoms with van der Waals surface area (Å²) >= 11 is 0. The Kier molecular flexibility index (Phi) is 6.42. The maximum atomic E-state index is 10.9. The lowest BCUT2D eigenvalue weighted by molar-refractivity contribution is -0.146. The van der Waals surface area contributed by atoms with Crippen molar-refractivity contribution < 1.29 is 24.5 Å². The first-order chi connectivity index (χ1) is 6.57. The molecule has 0 aromatic carbocycles. The van der Waals surface area contributed by atoms with Crippen LogP contribution in [0.2, 0.25) is 0 Å². The van der Waals surface area contributed by atoms with E-state index in [1.54, 1.807) is 0 Å². The van der Waals surface area contributed by atoms with Gasteiger partial charge in [0.25, 0.3) is 0 Å². The highest BCUT2D eigenvalue weighted by Crippen LogP contribution is 1.79. The van der Waals surface area contributed by atoms with Crippen LogP contribution >= 0.6 is 0 Å². The zero-order valence-corrected chi connectivity index (χ0v) is 7.82. The van der Waals surface area contributed by atoms with E-state index in [4.69, 9.17) is 10.2 Å². The molecule has 1 atom stereocenters. The molecule has 0 aliphatic carbocycles. The van der Waals surface area contributed by atoms with Gasteiger partial charge < -0.3 is 25.6 Å². The van der Waals surface area contributed by atoms with Gasteiger partial charge in [0, 0.05) is 13.7 Å². The summed E-state index contributed by atoms with van der Waals surface area (Å²) in [6, 6.07) is -0.539. The lowest BCUT2D eigenvalue weighted by Gasteiger charge is -2.08. The van der Waals surface area contributed by atoms with Crippen LogP contribution in [-0.4, -0.2) is 55.1 Å². The fourth-order valence-electron chi connectivity index (χ4n) is 0.606. The van der Waals surface area contributed by atoms with E-state index in [-0.39, 0.29) is 6.54 Å². The van der Waals surface area contributed by atoms with E-state index in [2.05, 4.69) is 15.4 Å². The first kappa shape index (κ1) is 12.7. The Bertz CT molecular complexity index is 197. The quantitative estimate of drug-likeness (QED) is 0.390. The van der Waals surface area contributed by atoms with Crippen LogP contribution in [-0.2, 0) is 9.53 Å². The number of hydrogen-bond acceptors (Lipinski definition) is 4. The van der Waals surface area contributed by atoms with Crippen LogP contribution in [0.4, 0.5) is 4.79 Å². The second-order valence-corrected chi connectivity index (χ2v) is 2.48. The average Bonchev–Trinajstić information content (AvgIpc) is 2.14. The molecule has 0 radical (unpaired) electrons. The number of nitrogens with one attached hydrogen (secondary N) is 2. The summed E-state index contributed by atoms with van der Waals surface area (Å²) in [5, 5.41) is 21.6. The molecular weight excluding hydrogens is 192 g/mol. The molecule has 0 saturated carbocycles. The highest BCUT2D eigenvalue weighted by molar-refractivity contribution is 5.76. The summed E-state index contributed by atoms with van der Waals surface area (Å²) in [7, 11) is 1.49. The summed E-state index contributed by atoms with van der Waals surface area (Å²) in [5.41, 5.74) is 0. The largest absolute Gasteiger partial charge is 0.479 e. The van der Waals surface area contributed by atoms with E-state index in [0.717, 1.165) is 0 Å². The molecule has 0 aliphatic heterocycles. The van der Waals surface area contributed by atoms with Gasteiger partial charge in [0.05, 0.1) is 13.2 Å². The molecule has 0 fully saturated rings.